The molecule has 0 saturated heterocycles. The number of Topliss-reactive ketones (excluding diaryl/α,β-unsaturated/α-hetero) is 1. The van der Waals surface area contributed by atoms with Crippen LogP contribution >= 0.6 is 0 Å². The van der Waals surface area contributed by atoms with Crippen LogP contribution in [0.3, 0.4) is 0 Å². The van der Waals surface area contributed by atoms with Crippen LogP contribution in [0.15, 0.2) is 30.3 Å². The highest BCUT2D eigenvalue weighted by Gasteiger charge is 2.28. The van der Waals surface area contributed by atoms with E-state index in [1.54, 1.807) is 30.3 Å². The van der Waals surface area contributed by atoms with Gasteiger partial charge in [-0.15, -0.1) is 0 Å². The molecule has 31 heavy (non-hydrogen) atoms. The predicted molar refractivity (Wildman–Crippen MR) is 125 cm³/mol. The predicted octanol–water partition coefficient (Wildman–Crippen LogP) is 6.01. The summed E-state index contributed by atoms with van der Waals surface area (Å²) in [6.45, 7) is 2.25. The number of nitrogens with one attached hydrogen (secondary N) is 1. The van der Waals surface area contributed by atoms with Gasteiger partial charge in [0.25, 0.3) is 5.91 Å². The molecule has 0 spiro atoms. The van der Waals surface area contributed by atoms with E-state index in [2.05, 4.69) is 12.2 Å². The number of ether oxygens (including phenoxy) is 1. The summed E-state index contributed by atoms with van der Waals surface area (Å²) in [4.78, 5) is 36.8. The molecule has 1 aromatic carbocycles. The summed E-state index contributed by atoms with van der Waals surface area (Å²) in [5, 5.41) is 2.52. The van der Waals surface area contributed by atoms with Crippen molar-refractivity contribution in [2.24, 2.45) is 0 Å². The quantitative estimate of drug-likeness (QED) is 0.175. The zero-order valence-corrected chi connectivity index (χ0v) is 19.5. The maximum Gasteiger partial charge on any atom is 0.336 e. The fourth-order valence-electron chi connectivity index (χ4n) is 3.65. The van der Waals surface area contributed by atoms with Crippen LogP contribution in [0.1, 0.15) is 107 Å². The highest BCUT2D eigenvalue weighted by Crippen LogP contribution is 2.13. The van der Waals surface area contributed by atoms with Crippen LogP contribution in [-0.4, -0.2) is 30.8 Å². The standard InChI is InChI=1S/C26H41NO4/c1-3-4-5-6-7-8-9-10-11-12-13-14-18-21-23(28)24(26(30)31-2)27-25(29)22-19-16-15-17-20-22/h15-17,19-20,24H,3-14,18,21H2,1-2H3,(H,27,29). The molecule has 1 amide bonds. The van der Waals surface area contributed by atoms with Crippen molar-refractivity contribution in [2.75, 3.05) is 7.11 Å². The van der Waals surface area contributed by atoms with E-state index in [-0.39, 0.29) is 12.2 Å². The van der Waals surface area contributed by atoms with E-state index in [0.29, 0.717) is 5.56 Å². The minimum Gasteiger partial charge on any atom is -0.467 e. The number of hydrogen-bond acceptors (Lipinski definition) is 4. The second-order valence-corrected chi connectivity index (χ2v) is 8.25. The summed E-state index contributed by atoms with van der Waals surface area (Å²) in [6.07, 6.45) is 16.3. The Morgan fingerprint density at radius 2 is 1.26 bits per heavy atom. The molecule has 0 aromatic heterocycles. The topological polar surface area (TPSA) is 72.5 Å². The molecule has 1 aromatic rings. The lowest BCUT2D eigenvalue weighted by atomic mass is 10.0. The average Bonchev–Trinajstić information content (AvgIpc) is 2.80. The minimum absolute atomic E-state index is 0.270. The summed E-state index contributed by atoms with van der Waals surface area (Å²) in [5.74, 6) is -1.46. The van der Waals surface area contributed by atoms with Gasteiger partial charge in [-0.1, -0.05) is 102 Å². The van der Waals surface area contributed by atoms with Crippen LogP contribution in [0, 0.1) is 0 Å². The molecule has 1 N–H and O–H groups in total. The van der Waals surface area contributed by atoms with Crippen molar-refractivity contribution in [2.45, 2.75) is 103 Å². The Balaban J connectivity index is 2.17. The number of unbranched alkanes of at least 4 members (excludes halogenated alkanes) is 12. The van der Waals surface area contributed by atoms with Crippen LogP contribution in [0.4, 0.5) is 0 Å². The SMILES string of the molecule is CCCCCCCCCCCCCCCC(=O)C(NC(=O)c1ccccc1)C(=O)OC. The molecular formula is C26H41NO4. The second-order valence-electron chi connectivity index (χ2n) is 8.25. The maximum atomic E-state index is 12.5. The van der Waals surface area contributed by atoms with Crippen LogP contribution in [0.2, 0.25) is 0 Å². The molecule has 0 fully saturated rings. The molecule has 5 heteroatoms. The molecule has 0 radical (unpaired) electrons. The Morgan fingerprint density at radius 3 is 1.74 bits per heavy atom. The van der Waals surface area contributed by atoms with Crippen LogP contribution in [0.25, 0.3) is 0 Å². The van der Waals surface area contributed by atoms with Crippen molar-refractivity contribution in [1.29, 1.82) is 0 Å². The molecular weight excluding hydrogens is 390 g/mol. The Bertz CT molecular complexity index is 630. The first-order chi connectivity index (χ1) is 15.1. The first kappa shape index (κ1) is 26.9. The molecule has 1 unspecified atom stereocenters. The first-order valence-electron chi connectivity index (χ1n) is 12.1. The van der Waals surface area contributed by atoms with Gasteiger partial charge in [-0.2, -0.15) is 0 Å². The Hall–Kier alpha value is -2.17. The third-order valence-corrected chi connectivity index (χ3v) is 5.60. The van der Waals surface area contributed by atoms with E-state index in [4.69, 9.17) is 4.74 Å². The number of hydrogen-bond donors (Lipinski definition) is 1. The lowest BCUT2D eigenvalue weighted by molar-refractivity contribution is -0.146. The van der Waals surface area contributed by atoms with E-state index in [0.717, 1.165) is 19.3 Å². The van der Waals surface area contributed by atoms with Gasteiger partial charge in [0.1, 0.15) is 0 Å². The normalized spacial score (nSPS) is 11.7. The smallest absolute Gasteiger partial charge is 0.336 e. The van der Waals surface area contributed by atoms with Gasteiger partial charge in [-0.05, 0) is 18.6 Å². The van der Waals surface area contributed by atoms with E-state index < -0.39 is 17.9 Å². The van der Waals surface area contributed by atoms with E-state index in [1.165, 1.54) is 71.3 Å². The highest BCUT2D eigenvalue weighted by molar-refractivity contribution is 6.08. The molecule has 0 aliphatic heterocycles. The molecule has 1 rings (SSSR count). The van der Waals surface area contributed by atoms with Crippen molar-refractivity contribution in [3.05, 3.63) is 35.9 Å². The number of ketones is 1. The monoisotopic (exact) mass is 431 g/mol. The summed E-state index contributed by atoms with van der Waals surface area (Å²) in [5.41, 5.74) is 0.408. The van der Waals surface area contributed by atoms with E-state index >= 15 is 0 Å². The van der Waals surface area contributed by atoms with Gasteiger partial charge in [0.2, 0.25) is 0 Å². The van der Waals surface area contributed by atoms with E-state index in [1.807, 2.05) is 0 Å². The van der Waals surface area contributed by atoms with Gasteiger partial charge in [-0.3, -0.25) is 9.59 Å². The summed E-state index contributed by atoms with van der Waals surface area (Å²) >= 11 is 0. The van der Waals surface area contributed by atoms with Gasteiger partial charge < -0.3 is 10.1 Å². The van der Waals surface area contributed by atoms with Crippen molar-refractivity contribution in [3.63, 3.8) is 0 Å². The lowest BCUT2D eigenvalue weighted by Gasteiger charge is -2.15. The summed E-state index contributed by atoms with van der Waals surface area (Å²) in [6, 6.07) is 7.31. The summed E-state index contributed by atoms with van der Waals surface area (Å²) in [7, 11) is 1.22. The average molecular weight is 432 g/mol. The van der Waals surface area contributed by atoms with Crippen molar-refractivity contribution < 1.29 is 19.1 Å². The number of methoxy groups -OCH3 is 1. The molecule has 0 saturated carbocycles. The first-order valence-corrected chi connectivity index (χ1v) is 12.1. The lowest BCUT2D eigenvalue weighted by Crippen LogP contribution is -2.47. The van der Waals surface area contributed by atoms with Crippen LogP contribution < -0.4 is 5.32 Å². The summed E-state index contributed by atoms with van der Waals surface area (Å²) < 4.78 is 4.71. The Morgan fingerprint density at radius 1 is 0.774 bits per heavy atom. The molecule has 0 heterocycles. The van der Waals surface area contributed by atoms with Crippen molar-refractivity contribution in [3.8, 4) is 0 Å². The maximum absolute atomic E-state index is 12.5. The second kappa shape index (κ2) is 17.5. The van der Waals surface area contributed by atoms with Gasteiger partial charge in [0, 0.05) is 12.0 Å². The van der Waals surface area contributed by atoms with Gasteiger partial charge in [0.05, 0.1) is 7.11 Å². The molecule has 5 nitrogen and oxygen atoms in total. The third kappa shape index (κ3) is 12.3. The number of carbonyl (C=O) groups is 3. The third-order valence-electron chi connectivity index (χ3n) is 5.60. The Labute approximate surface area is 188 Å². The van der Waals surface area contributed by atoms with E-state index in [9.17, 15) is 14.4 Å². The van der Waals surface area contributed by atoms with Crippen molar-refractivity contribution in [1.82, 2.24) is 5.32 Å². The van der Waals surface area contributed by atoms with Crippen LogP contribution in [-0.2, 0) is 14.3 Å². The number of amides is 1. The fraction of sp³-hybridized carbons (Fsp3) is 0.654. The number of rotatable bonds is 18. The van der Waals surface area contributed by atoms with Gasteiger partial charge in [-0.25, -0.2) is 4.79 Å². The van der Waals surface area contributed by atoms with Gasteiger partial charge in [0.15, 0.2) is 11.8 Å². The highest BCUT2D eigenvalue weighted by atomic mass is 16.5. The van der Waals surface area contributed by atoms with Crippen LogP contribution in [0.5, 0.6) is 0 Å². The number of carbonyl (C=O) groups excluding carboxylic acids is 3. The largest absolute Gasteiger partial charge is 0.467 e. The number of benzene rings is 1. The fourth-order valence-corrected chi connectivity index (χ4v) is 3.65. The molecule has 174 valence electrons. The zero-order valence-electron chi connectivity index (χ0n) is 19.5. The molecule has 0 bridgehead atoms. The molecule has 0 aliphatic rings. The Kier molecular flexibility index (Phi) is 15.2. The van der Waals surface area contributed by atoms with Crippen molar-refractivity contribution >= 4 is 17.7 Å². The number of esters is 1. The molecule has 1 atom stereocenters. The minimum atomic E-state index is -1.24. The molecule has 0 aliphatic carbocycles. The zero-order chi connectivity index (χ0) is 22.7. The van der Waals surface area contributed by atoms with Gasteiger partial charge >= 0.3 is 5.97 Å².